The molecule has 0 fully saturated rings. The monoisotopic (exact) mass is 469 g/mol. The van der Waals surface area contributed by atoms with Crippen LogP contribution in [0, 0.1) is 0 Å². The Kier molecular flexibility index (Phi) is 5.53. The van der Waals surface area contributed by atoms with E-state index in [2.05, 4.69) is 42.5 Å². The largest absolute Gasteiger partial charge is 0.208 e. The van der Waals surface area contributed by atoms with Crippen LogP contribution in [0.25, 0.3) is 56.1 Å². The summed E-state index contributed by atoms with van der Waals surface area (Å²) < 4.78 is 0. The Morgan fingerprint density at radius 3 is 1.63 bits per heavy atom. The maximum atomic E-state index is 6.49. The van der Waals surface area contributed by atoms with Gasteiger partial charge in [0, 0.05) is 21.7 Å². The van der Waals surface area contributed by atoms with Gasteiger partial charge in [0.25, 0.3) is 0 Å². The SMILES string of the molecule is Clc1ccc(-c2ccc3ccccc3c2)c(-c2nc(-c3ccccc3)nc(-c3ccccc3)n2)c1. The number of hydrogen-bond acceptors (Lipinski definition) is 3. The third-order valence-electron chi connectivity index (χ3n) is 5.98. The molecule has 0 N–H and O–H groups in total. The fourth-order valence-corrected chi connectivity index (χ4v) is 4.41. The topological polar surface area (TPSA) is 38.7 Å². The molecule has 0 amide bonds. The van der Waals surface area contributed by atoms with E-state index in [9.17, 15) is 0 Å². The number of rotatable bonds is 4. The van der Waals surface area contributed by atoms with Crippen molar-refractivity contribution >= 4 is 22.4 Å². The molecule has 35 heavy (non-hydrogen) atoms. The van der Waals surface area contributed by atoms with Gasteiger partial charge in [-0.2, -0.15) is 0 Å². The van der Waals surface area contributed by atoms with Gasteiger partial charge in [-0.3, -0.25) is 0 Å². The van der Waals surface area contributed by atoms with E-state index in [1.807, 2.05) is 78.9 Å². The van der Waals surface area contributed by atoms with Gasteiger partial charge < -0.3 is 0 Å². The summed E-state index contributed by atoms with van der Waals surface area (Å²) in [5.74, 6) is 1.83. The molecule has 0 aliphatic carbocycles. The molecule has 0 radical (unpaired) electrons. The third kappa shape index (κ3) is 4.30. The van der Waals surface area contributed by atoms with E-state index in [0.29, 0.717) is 22.5 Å². The predicted molar refractivity (Wildman–Crippen MR) is 144 cm³/mol. The Bertz CT molecular complexity index is 1590. The normalized spacial score (nSPS) is 11.0. The van der Waals surface area contributed by atoms with Gasteiger partial charge in [-0.15, -0.1) is 0 Å². The fourth-order valence-electron chi connectivity index (χ4n) is 4.24. The fraction of sp³-hybridized carbons (Fsp3) is 0. The van der Waals surface area contributed by atoms with Crippen LogP contribution in [0.2, 0.25) is 5.02 Å². The second-order valence-electron chi connectivity index (χ2n) is 8.29. The van der Waals surface area contributed by atoms with Gasteiger partial charge in [-0.1, -0.05) is 115 Å². The number of hydrogen-bond donors (Lipinski definition) is 0. The van der Waals surface area contributed by atoms with Gasteiger partial charge in [0.05, 0.1) is 0 Å². The Balaban J connectivity index is 1.58. The summed E-state index contributed by atoms with van der Waals surface area (Å²) in [6.07, 6.45) is 0. The first-order valence-corrected chi connectivity index (χ1v) is 11.8. The van der Waals surface area contributed by atoms with Gasteiger partial charge in [0.2, 0.25) is 0 Å². The zero-order valence-corrected chi connectivity index (χ0v) is 19.5. The van der Waals surface area contributed by atoms with Crippen molar-refractivity contribution in [2.24, 2.45) is 0 Å². The molecule has 0 spiro atoms. The summed E-state index contributed by atoms with van der Waals surface area (Å²) in [6, 6.07) is 40.7. The molecule has 0 saturated heterocycles. The summed E-state index contributed by atoms with van der Waals surface area (Å²) in [5, 5.41) is 3.01. The van der Waals surface area contributed by atoms with Crippen molar-refractivity contribution < 1.29 is 0 Å². The highest BCUT2D eigenvalue weighted by Crippen LogP contribution is 2.35. The van der Waals surface area contributed by atoms with Crippen LogP contribution in [0.1, 0.15) is 0 Å². The van der Waals surface area contributed by atoms with Crippen molar-refractivity contribution in [1.29, 1.82) is 0 Å². The van der Waals surface area contributed by atoms with Crippen LogP contribution in [0.3, 0.4) is 0 Å². The molecule has 166 valence electrons. The molecule has 6 rings (SSSR count). The molecule has 5 aromatic carbocycles. The van der Waals surface area contributed by atoms with Gasteiger partial charge in [0.15, 0.2) is 17.5 Å². The number of benzene rings is 5. The molecular formula is C31H20ClN3. The second-order valence-corrected chi connectivity index (χ2v) is 8.73. The Morgan fingerprint density at radius 1 is 0.400 bits per heavy atom. The third-order valence-corrected chi connectivity index (χ3v) is 6.22. The van der Waals surface area contributed by atoms with E-state index in [1.54, 1.807) is 0 Å². The smallest absolute Gasteiger partial charge is 0.164 e. The van der Waals surface area contributed by atoms with Crippen molar-refractivity contribution in [3.05, 3.63) is 126 Å². The van der Waals surface area contributed by atoms with Crippen LogP contribution in [0.15, 0.2) is 121 Å². The maximum Gasteiger partial charge on any atom is 0.164 e. The molecule has 1 heterocycles. The van der Waals surface area contributed by atoms with E-state index in [0.717, 1.165) is 27.8 Å². The maximum absolute atomic E-state index is 6.49. The first kappa shape index (κ1) is 21.2. The molecule has 0 saturated carbocycles. The van der Waals surface area contributed by atoms with Crippen LogP contribution in [-0.4, -0.2) is 15.0 Å². The molecule has 0 unspecified atom stereocenters. The quantitative estimate of drug-likeness (QED) is 0.260. The molecule has 3 nitrogen and oxygen atoms in total. The molecular weight excluding hydrogens is 450 g/mol. The highest BCUT2D eigenvalue weighted by Gasteiger charge is 2.16. The van der Waals surface area contributed by atoms with Gasteiger partial charge in [0.1, 0.15) is 0 Å². The number of nitrogens with zero attached hydrogens (tertiary/aromatic N) is 3. The lowest BCUT2D eigenvalue weighted by atomic mass is 9.96. The van der Waals surface area contributed by atoms with E-state index in [-0.39, 0.29) is 0 Å². The minimum absolute atomic E-state index is 0.586. The van der Waals surface area contributed by atoms with Crippen LogP contribution >= 0.6 is 11.6 Å². The molecule has 0 atom stereocenters. The van der Waals surface area contributed by atoms with Crippen LogP contribution in [-0.2, 0) is 0 Å². The molecule has 1 aromatic heterocycles. The highest BCUT2D eigenvalue weighted by molar-refractivity contribution is 6.31. The number of fused-ring (bicyclic) bond motifs is 1. The van der Waals surface area contributed by atoms with E-state index >= 15 is 0 Å². The van der Waals surface area contributed by atoms with Crippen molar-refractivity contribution in [3.63, 3.8) is 0 Å². The highest BCUT2D eigenvalue weighted by atomic mass is 35.5. The zero-order chi connectivity index (χ0) is 23.6. The first-order valence-electron chi connectivity index (χ1n) is 11.4. The summed E-state index contributed by atoms with van der Waals surface area (Å²) in [6.45, 7) is 0. The van der Waals surface area contributed by atoms with E-state index in [4.69, 9.17) is 26.6 Å². The van der Waals surface area contributed by atoms with Gasteiger partial charge in [-0.05, 0) is 40.1 Å². The average molecular weight is 470 g/mol. The van der Waals surface area contributed by atoms with Crippen LogP contribution in [0.5, 0.6) is 0 Å². The lowest BCUT2D eigenvalue weighted by Gasteiger charge is -2.13. The summed E-state index contributed by atoms with van der Waals surface area (Å²) in [4.78, 5) is 14.6. The second kappa shape index (κ2) is 9.13. The minimum atomic E-state index is 0.586. The number of aromatic nitrogens is 3. The summed E-state index contributed by atoms with van der Waals surface area (Å²) in [7, 11) is 0. The van der Waals surface area contributed by atoms with Crippen molar-refractivity contribution in [2.45, 2.75) is 0 Å². The predicted octanol–water partition coefficient (Wildman–Crippen LogP) is 8.35. The molecule has 6 aromatic rings. The lowest BCUT2D eigenvalue weighted by molar-refractivity contribution is 1.07. The van der Waals surface area contributed by atoms with Crippen LogP contribution in [0.4, 0.5) is 0 Å². The first-order chi connectivity index (χ1) is 17.2. The molecule has 0 bridgehead atoms. The van der Waals surface area contributed by atoms with Gasteiger partial charge in [-0.25, -0.2) is 15.0 Å². The van der Waals surface area contributed by atoms with Crippen LogP contribution < -0.4 is 0 Å². The average Bonchev–Trinajstić information content (AvgIpc) is 2.93. The Morgan fingerprint density at radius 2 is 0.971 bits per heavy atom. The molecule has 0 aliphatic rings. The summed E-state index contributed by atoms with van der Waals surface area (Å²) >= 11 is 6.49. The lowest BCUT2D eigenvalue weighted by Crippen LogP contribution is -2.01. The van der Waals surface area contributed by atoms with Crippen molar-refractivity contribution in [3.8, 4) is 45.3 Å². The van der Waals surface area contributed by atoms with Crippen molar-refractivity contribution in [2.75, 3.05) is 0 Å². The minimum Gasteiger partial charge on any atom is -0.208 e. The van der Waals surface area contributed by atoms with Crippen molar-refractivity contribution in [1.82, 2.24) is 15.0 Å². The Labute approximate surface area is 208 Å². The van der Waals surface area contributed by atoms with Gasteiger partial charge >= 0.3 is 0 Å². The summed E-state index contributed by atoms with van der Waals surface area (Å²) in [5.41, 5.74) is 4.83. The molecule has 0 aliphatic heterocycles. The van der Waals surface area contributed by atoms with E-state index < -0.39 is 0 Å². The van der Waals surface area contributed by atoms with E-state index in [1.165, 1.54) is 10.8 Å². The number of halogens is 1. The molecule has 4 heteroatoms. The standard InChI is InChI=1S/C31H20ClN3/c32-26-17-18-27(25-16-15-21-9-7-8-14-24(21)19-25)28(20-26)31-34-29(22-10-3-1-4-11-22)33-30(35-31)23-12-5-2-6-13-23/h1-20H. The zero-order valence-electron chi connectivity index (χ0n) is 18.8. The Hall–Kier alpha value is -4.34.